The van der Waals surface area contributed by atoms with Crippen molar-refractivity contribution in [2.75, 3.05) is 6.61 Å². The molecule has 0 saturated heterocycles. The molecule has 1 amide bonds. The third-order valence-electron chi connectivity index (χ3n) is 5.84. The number of sulfone groups is 1. The van der Waals surface area contributed by atoms with Crippen molar-refractivity contribution in [3.8, 4) is 0 Å². The Kier molecular flexibility index (Phi) is 6.27. The molecule has 1 aromatic heterocycles. The van der Waals surface area contributed by atoms with Gasteiger partial charge in [-0.15, -0.1) is 0 Å². The summed E-state index contributed by atoms with van der Waals surface area (Å²) in [5.74, 6) is -0.919. The van der Waals surface area contributed by atoms with E-state index in [1.54, 1.807) is 20.8 Å². The van der Waals surface area contributed by atoms with Crippen molar-refractivity contribution in [2.45, 2.75) is 74.5 Å². The number of amidine groups is 1. The van der Waals surface area contributed by atoms with Gasteiger partial charge in [0.1, 0.15) is 21.7 Å². The van der Waals surface area contributed by atoms with Crippen molar-refractivity contribution in [2.24, 2.45) is 4.99 Å². The molecule has 2 N–H and O–H groups in total. The Labute approximate surface area is 189 Å². The van der Waals surface area contributed by atoms with Gasteiger partial charge in [0.05, 0.1) is 5.25 Å². The van der Waals surface area contributed by atoms with E-state index in [2.05, 4.69) is 31.2 Å². The highest BCUT2D eigenvalue weighted by molar-refractivity contribution is 9.10. The first-order valence-electron chi connectivity index (χ1n) is 10.0. The van der Waals surface area contributed by atoms with E-state index in [0.29, 0.717) is 10.9 Å². The number of nitrogens with zero attached hydrogens (tertiary/aromatic N) is 2. The van der Waals surface area contributed by atoms with Crippen LogP contribution in [0.4, 0.5) is 9.18 Å². The number of aromatic nitrogens is 1. The molecular formula is C20H27BrFN3O5S. The summed E-state index contributed by atoms with van der Waals surface area (Å²) in [6.45, 7) is 6.14. The minimum atomic E-state index is -3.98. The Morgan fingerprint density at radius 2 is 2.06 bits per heavy atom. The SMILES string of the molecule is CC(C)(C)OC(=O)NC1=N[C@](C)(c2cc(Br)cnc2F)[C@H](CCO)S(=O)(=O)C12CCC2. The highest BCUT2D eigenvalue weighted by Gasteiger charge is 2.64. The monoisotopic (exact) mass is 519 g/mol. The van der Waals surface area contributed by atoms with Gasteiger partial charge in [0.25, 0.3) is 0 Å². The molecule has 11 heteroatoms. The summed E-state index contributed by atoms with van der Waals surface area (Å²) in [4.78, 5) is 20.8. The molecule has 172 valence electrons. The van der Waals surface area contributed by atoms with Gasteiger partial charge < -0.3 is 9.84 Å². The number of carbonyl (C=O) groups is 1. The van der Waals surface area contributed by atoms with E-state index in [0.717, 1.165) is 0 Å². The molecule has 1 aliphatic carbocycles. The number of alkyl carbamates (subject to hydrolysis) is 1. The lowest BCUT2D eigenvalue weighted by molar-refractivity contribution is 0.0558. The number of hydrogen-bond donors (Lipinski definition) is 2. The minimum absolute atomic E-state index is 0.0402. The molecule has 0 radical (unpaired) electrons. The van der Waals surface area contributed by atoms with Crippen LogP contribution < -0.4 is 5.32 Å². The lowest BCUT2D eigenvalue weighted by Gasteiger charge is -2.51. The molecule has 1 aromatic rings. The van der Waals surface area contributed by atoms with Gasteiger partial charge in [-0.25, -0.2) is 18.2 Å². The van der Waals surface area contributed by atoms with E-state index < -0.39 is 49.6 Å². The second-order valence-electron chi connectivity index (χ2n) is 9.12. The average molecular weight is 520 g/mol. The van der Waals surface area contributed by atoms with E-state index in [4.69, 9.17) is 4.74 Å². The standard InChI is InChI=1S/C20H27BrFN3O5S/c1-18(2,3)30-17(27)24-16-20(7-5-8-20)31(28,29)14(6-9-26)19(4,25-16)13-10-12(21)11-23-15(13)22/h10-11,14,26H,5-9H2,1-4H3,(H,24,25,27)/t14-,19+/m0/s1. The first-order chi connectivity index (χ1) is 14.3. The van der Waals surface area contributed by atoms with Gasteiger partial charge >= 0.3 is 6.09 Å². The predicted octanol–water partition coefficient (Wildman–Crippen LogP) is 3.22. The number of hydrogen-bond acceptors (Lipinski definition) is 7. The summed E-state index contributed by atoms with van der Waals surface area (Å²) in [6, 6.07) is 1.43. The van der Waals surface area contributed by atoms with Crippen LogP contribution in [0.3, 0.4) is 0 Å². The highest BCUT2D eigenvalue weighted by atomic mass is 79.9. The Morgan fingerprint density at radius 1 is 1.42 bits per heavy atom. The van der Waals surface area contributed by atoms with Crippen LogP contribution in [0.25, 0.3) is 0 Å². The Morgan fingerprint density at radius 3 is 2.58 bits per heavy atom. The summed E-state index contributed by atoms with van der Waals surface area (Å²) in [5.41, 5.74) is -2.46. The molecule has 0 aromatic carbocycles. The molecule has 0 bridgehead atoms. The molecule has 1 saturated carbocycles. The molecule has 1 spiro atoms. The number of aliphatic imine (C=N–C) groups is 1. The Bertz CT molecular complexity index is 1020. The number of aliphatic hydroxyl groups excluding tert-OH is 1. The quantitative estimate of drug-likeness (QED) is 0.591. The zero-order valence-corrected chi connectivity index (χ0v) is 20.3. The summed E-state index contributed by atoms with van der Waals surface area (Å²) >= 11 is 3.24. The molecule has 1 fully saturated rings. The van der Waals surface area contributed by atoms with Gasteiger partial charge in [-0.05, 0) is 75.4 Å². The van der Waals surface area contributed by atoms with E-state index in [-0.39, 0.29) is 30.7 Å². The number of rotatable bonds is 3. The molecular weight excluding hydrogens is 493 g/mol. The van der Waals surface area contributed by atoms with E-state index >= 15 is 0 Å². The molecule has 8 nitrogen and oxygen atoms in total. The fraction of sp³-hybridized carbons (Fsp3) is 0.650. The maximum atomic E-state index is 14.8. The number of pyridine rings is 1. The van der Waals surface area contributed by atoms with Crippen molar-refractivity contribution in [3.05, 3.63) is 28.2 Å². The fourth-order valence-corrected chi connectivity index (χ4v) is 7.54. The predicted molar refractivity (Wildman–Crippen MR) is 117 cm³/mol. The van der Waals surface area contributed by atoms with Gasteiger partial charge in [-0.1, -0.05) is 0 Å². The van der Waals surface area contributed by atoms with Gasteiger partial charge in [0, 0.05) is 22.8 Å². The smallest absolute Gasteiger partial charge is 0.413 e. The van der Waals surface area contributed by atoms with Gasteiger partial charge in [0.15, 0.2) is 9.84 Å². The fourth-order valence-electron chi connectivity index (χ4n) is 4.24. The van der Waals surface area contributed by atoms with Crippen molar-refractivity contribution >= 4 is 37.7 Å². The number of aliphatic hydroxyl groups is 1. The van der Waals surface area contributed by atoms with E-state index in [1.807, 2.05) is 0 Å². The van der Waals surface area contributed by atoms with Crippen LogP contribution in [-0.4, -0.2) is 52.6 Å². The van der Waals surface area contributed by atoms with Crippen LogP contribution in [0, 0.1) is 5.95 Å². The van der Waals surface area contributed by atoms with Crippen molar-refractivity contribution < 1.29 is 27.4 Å². The van der Waals surface area contributed by atoms with Crippen LogP contribution in [0.15, 0.2) is 21.7 Å². The van der Waals surface area contributed by atoms with Crippen LogP contribution in [0.5, 0.6) is 0 Å². The molecule has 31 heavy (non-hydrogen) atoms. The summed E-state index contributed by atoms with van der Waals surface area (Å²) in [5, 5.41) is 11.0. The van der Waals surface area contributed by atoms with E-state index in [1.165, 1.54) is 19.2 Å². The number of nitrogens with one attached hydrogen (secondary N) is 1. The molecule has 2 aliphatic rings. The lowest BCUT2D eigenvalue weighted by atomic mass is 9.80. The molecule has 0 unspecified atom stereocenters. The van der Waals surface area contributed by atoms with Gasteiger partial charge in [0.2, 0.25) is 5.95 Å². The van der Waals surface area contributed by atoms with Crippen molar-refractivity contribution in [1.82, 2.24) is 10.3 Å². The molecule has 1 aliphatic heterocycles. The van der Waals surface area contributed by atoms with Crippen molar-refractivity contribution in [3.63, 3.8) is 0 Å². The Hall–Kier alpha value is -1.59. The first kappa shape index (κ1) is 24.1. The summed E-state index contributed by atoms with van der Waals surface area (Å²) in [6.07, 6.45) is 1.50. The maximum Gasteiger partial charge on any atom is 0.413 e. The van der Waals surface area contributed by atoms with Crippen LogP contribution in [-0.2, 0) is 20.1 Å². The second-order valence-corrected chi connectivity index (χ2v) is 12.5. The third-order valence-corrected chi connectivity index (χ3v) is 9.41. The van der Waals surface area contributed by atoms with E-state index in [9.17, 15) is 22.7 Å². The lowest BCUT2D eigenvalue weighted by Crippen LogP contribution is -2.67. The zero-order chi connectivity index (χ0) is 23.2. The molecule has 2 heterocycles. The van der Waals surface area contributed by atoms with Crippen molar-refractivity contribution in [1.29, 1.82) is 0 Å². The zero-order valence-electron chi connectivity index (χ0n) is 17.9. The molecule has 3 rings (SSSR count). The number of amides is 1. The second kappa shape index (κ2) is 8.08. The van der Waals surface area contributed by atoms with Gasteiger partial charge in [-0.3, -0.25) is 10.3 Å². The van der Waals surface area contributed by atoms with Crippen LogP contribution in [0.2, 0.25) is 0 Å². The Balaban J connectivity index is 2.21. The topological polar surface area (TPSA) is 118 Å². The third kappa shape index (κ3) is 4.11. The minimum Gasteiger partial charge on any atom is -0.444 e. The number of ether oxygens (including phenoxy) is 1. The summed E-state index contributed by atoms with van der Waals surface area (Å²) < 4.78 is 46.8. The average Bonchev–Trinajstić information content (AvgIpc) is 2.57. The normalized spacial score (nSPS) is 26.7. The number of carbonyl (C=O) groups excluding carboxylic acids is 1. The van der Waals surface area contributed by atoms with Crippen LogP contribution in [0.1, 0.15) is 58.9 Å². The highest BCUT2D eigenvalue weighted by Crippen LogP contribution is 2.52. The van der Waals surface area contributed by atoms with Crippen LogP contribution >= 0.6 is 15.9 Å². The maximum absolute atomic E-state index is 14.8. The summed E-state index contributed by atoms with van der Waals surface area (Å²) in [7, 11) is -3.98. The first-order valence-corrected chi connectivity index (χ1v) is 12.4. The molecule has 2 atom stereocenters. The largest absolute Gasteiger partial charge is 0.444 e. The number of halogens is 2. The van der Waals surface area contributed by atoms with Gasteiger partial charge in [-0.2, -0.15) is 4.39 Å².